The zero-order valence-electron chi connectivity index (χ0n) is 13.8. The Balaban J connectivity index is 2.13. The molecule has 0 radical (unpaired) electrons. The van der Waals surface area contributed by atoms with Gasteiger partial charge in [0.05, 0.1) is 0 Å². The zero-order chi connectivity index (χ0) is 17.0. The Morgan fingerprint density at radius 3 is 2.61 bits per heavy atom. The summed E-state index contributed by atoms with van der Waals surface area (Å²) in [6.45, 7) is 5.86. The van der Waals surface area contributed by atoms with Gasteiger partial charge >= 0.3 is 5.97 Å². The standard InChI is InChI=1S/C18H24N2O3/c1-4-11(2)12(3)17(21)20-16(18(22)23)9-13-10-19-15-8-6-5-7-14(13)15/h5-8,10-12,16,19H,4,9H2,1-3H3,(H,20,21)(H,22,23). The fourth-order valence-corrected chi connectivity index (χ4v) is 2.64. The van der Waals surface area contributed by atoms with Crippen molar-refractivity contribution in [2.24, 2.45) is 11.8 Å². The van der Waals surface area contributed by atoms with Crippen LogP contribution < -0.4 is 5.32 Å². The average molecular weight is 316 g/mol. The molecule has 5 heteroatoms. The van der Waals surface area contributed by atoms with E-state index < -0.39 is 12.0 Å². The van der Waals surface area contributed by atoms with Crippen molar-refractivity contribution in [2.75, 3.05) is 0 Å². The van der Waals surface area contributed by atoms with Crippen LogP contribution in [0.25, 0.3) is 10.9 Å². The number of amides is 1. The van der Waals surface area contributed by atoms with E-state index in [9.17, 15) is 14.7 Å². The molecule has 1 heterocycles. The van der Waals surface area contributed by atoms with Gasteiger partial charge < -0.3 is 15.4 Å². The number of aliphatic carboxylic acids is 1. The normalized spacial score (nSPS) is 15.1. The molecule has 0 aliphatic heterocycles. The summed E-state index contributed by atoms with van der Waals surface area (Å²) in [6.07, 6.45) is 2.96. The molecular weight excluding hydrogens is 292 g/mol. The summed E-state index contributed by atoms with van der Waals surface area (Å²) in [5, 5.41) is 13.1. The highest BCUT2D eigenvalue weighted by Crippen LogP contribution is 2.20. The van der Waals surface area contributed by atoms with Crippen molar-refractivity contribution in [3.05, 3.63) is 36.0 Å². The van der Waals surface area contributed by atoms with Crippen molar-refractivity contribution in [1.82, 2.24) is 10.3 Å². The molecule has 3 atom stereocenters. The van der Waals surface area contributed by atoms with Gasteiger partial charge in [0.2, 0.25) is 5.91 Å². The second-order valence-electron chi connectivity index (χ2n) is 6.14. The molecule has 0 aliphatic rings. The van der Waals surface area contributed by atoms with Gasteiger partial charge in [-0.2, -0.15) is 0 Å². The highest BCUT2D eigenvalue weighted by Gasteiger charge is 2.26. The lowest BCUT2D eigenvalue weighted by molar-refractivity contribution is -0.142. The first-order valence-corrected chi connectivity index (χ1v) is 8.02. The fourth-order valence-electron chi connectivity index (χ4n) is 2.64. The number of carbonyl (C=O) groups is 2. The van der Waals surface area contributed by atoms with Crippen LogP contribution in [0.2, 0.25) is 0 Å². The molecule has 0 saturated carbocycles. The Hall–Kier alpha value is -2.30. The number of hydrogen-bond acceptors (Lipinski definition) is 2. The third-order valence-electron chi connectivity index (χ3n) is 4.62. The minimum Gasteiger partial charge on any atom is -0.480 e. The van der Waals surface area contributed by atoms with Crippen molar-refractivity contribution in [1.29, 1.82) is 0 Å². The summed E-state index contributed by atoms with van der Waals surface area (Å²) in [4.78, 5) is 26.9. The lowest BCUT2D eigenvalue weighted by atomic mass is 9.92. The number of hydrogen-bond donors (Lipinski definition) is 3. The lowest BCUT2D eigenvalue weighted by Gasteiger charge is -2.21. The van der Waals surface area contributed by atoms with Crippen LogP contribution in [0.4, 0.5) is 0 Å². The van der Waals surface area contributed by atoms with Gasteiger partial charge in [-0.25, -0.2) is 4.79 Å². The van der Waals surface area contributed by atoms with Crippen molar-refractivity contribution in [3.8, 4) is 0 Å². The van der Waals surface area contributed by atoms with Crippen LogP contribution >= 0.6 is 0 Å². The van der Waals surface area contributed by atoms with E-state index in [1.165, 1.54) is 0 Å². The summed E-state index contributed by atoms with van der Waals surface area (Å²) in [7, 11) is 0. The minimum atomic E-state index is -1.01. The summed E-state index contributed by atoms with van der Waals surface area (Å²) in [5.74, 6) is -1.20. The topological polar surface area (TPSA) is 82.2 Å². The van der Waals surface area contributed by atoms with Gasteiger partial charge in [-0.1, -0.05) is 45.4 Å². The molecule has 1 aromatic heterocycles. The molecule has 23 heavy (non-hydrogen) atoms. The second kappa shape index (κ2) is 7.31. The van der Waals surface area contributed by atoms with E-state index in [1.54, 1.807) is 0 Å². The summed E-state index contributed by atoms with van der Waals surface area (Å²) in [6, 6.07) is 6.81. The Kier molecular flexibility index (Phi) is 5.42. The molecule has 0 aliphatic carbocycles. The van der Waals surface area contributed by atoms with Crippen molar-refractivity contribution < 1.29 is 14.7 Å². The first-order chi connectivity index (χ1) is 10.9. The number of aromatic amines is 1. The summed E-state index contributed by atoms with van der Waals surface area (Å²) in [5.41, 5.74) is 1.86. The SMILES string of the molecule is CCC(C)C(C)C(=O)NC(Cc1c[nH]c2ccccc12)C(=O)O. The summed E-state index contributed by atoms with van der Waals surface area (Å²) < 4.78 is 0. The maximum Gasteiger partial charge on any atom is 0.326 e. The first kappa shape index (κ1) is 17.1. The molecule has 5 nitrogen and oxygen atoms in total. The fraction of sp³-hybridized carbons (Fsp3) is 0.444. The Labute approximate surface area is 136 Å². The molecule has 0 saturated heterocycles. The Morgan fingerprint density at radius 2 is 1.96 bits per heavy atom. The number of carbonyl (C=O) groups excluding carboxylic acids is 1. The van der Waals surface area contributed by atoms with Gasteiger partial charge in [-0.05, 0) is 17.5 Å². The van der Waals surface area contributed by atoms with Crippen LogP contribution in [-0.4, -0.2) is 28.0 Å². The number of para-hydroxylation sites is 1. The van der Waals surface area contributed by atoms with Gasteiger partial charge in [0.15, 0.2) is 0 Å². The van der Waals surface area contributed by atoms with Crippen molar-refractivity contribution in [2.45, 2.75) is 39.7 Å². The lowest BCUT2D eigenvalue weighted by Crippen LogP contribution is -2.45. The van der Waals surface area contributed by atoms with E-state index in [2.05, 4.69) is 10.3 Å². The van der Waals surface area contributed by atoms with Gasteiger partial charge in [0, 0.05) is 29.4 Å². The van der Waals surface area contributed by atoms with E-state index in [1.807, 2.05) is 51.2 Å². The van der Waals surface area contributed by atoms with Crippen LogP contribution in [0.1, 0.15) is 32.8 Å². The number of H-pyrrole nitrogens is 1. The van der Waals surface area contributed by atoms with Crippen LogP contribution in [0.5, 0.6) is 0 Å². The predicted molar refractivity (Wildman–Crippen MR) is 90.2 cm³/mol. The van der Waals surface area contributed by atoms with Crippen molar-refractivity contribution in [3.63, 3.8) is 0 Å². The predicted octanol–water partition coefficient (Wildman–Crippen LogP) is 2.96. The van der Waals surface area contributed by atoms with Gasteiger partial charge in [-0.15, -0.1) is 0 Å². The molecule has 0 fully saturated rings. The number of carboxylic acids is 1. The van der Waals surface area contributed by atoms with Crippen LogP contribution in [0, 0.1) is 11.8 Å². The molecule has 1 amide bonds. The summed E-state index contributed by atoms with van der Waals surface area (Å²) >= 11 is 0. The number of nitrogens with one attached hydrogen (secondary N) is 2. The molecular formula is C18H24N2O3. The maximum absolute atomic E-state index is 12.3. The van der Waals surface area contributed by atoms with E-state index in [-0.39, 0.29) is 24.2 Å². The van der Waals surface area contributed by atoms with E-state index in [4.69, 9.17) is 0 Å². The molecule has 2 aromatic rings. The molecule has 0 bridgehead atoms. The third kappa shape index (κ3) is 3.92. The smallest absolute Gasteiger partial charge is 0.326 e. The van der Waals surface area contributed by atoms with Crippen LogP contribution in [0.15, 0.2) is 30.5 Å². The van der Waals surface area contributed by atoms with E-state index in [0.29, 0.717) is 0 Å². The highest BCUT2D eigenvalue weighted by atomic mass is 16.4. The number of carboxylic acid groups (broad SMARTS) is 1. The number of benzene rings is 1. The van der Waals surface area contributed by atoms with Gasteiger partial charge in [0.1, 0.15) is 6.04 Å². The monoisotopic (exact) mass is 316 g/mol. The molecule has 3 N–H and O–H groups in total. The average Bonchev–Trinajstić information content (AvgIpc) is 2.95. The first-order valence-electron chi connectivity index (χ1n) is 8.02. The van der Waals surface area contributed by atoms with Crippen molar-refractivity contribution >= 4 is 22.8 Å². The molecule has 2 rings (SSSR count). The number of fused-ring (bicyclic) bond motifs is 1. The van der Waals surface area contributed by atoms with Gasteiger partial charge in [0.25, 0.3) is 0 Å². The minimum absolute atomic E-state index is 0.202. The molecule has 124 valence electrons. The number of rotatable bonds is 7. The zero-order valence-corrected chi connectivity index (χ0v) is 13.8. The van der Waals surface area contributed by atoms with E-state index >= 15 is 0 Å². The quantitative estimate of drug-likeness (QED) is 0.734. The highest BCUT2D eigenvalue weighted by molar-refractivity contribution is 5.87. The maximum atomic E-state index is 12.3. The molecule has 0 spiro atoms. The van der Waals surface area contributed by atoms with Crippen LogP contribution in [-0.2, 0) is 16.0 Å². The molecule has 1 aromatic carbocycles. The third-order valence-corrected chi connectivity index (χ3v) is 4.62. The van der Waals surface area contributed by atoms with Gasteiger partial charge in [-0.3, -0.25) is 4.79 Å². The Morgan fingerprint density at radius 1 is 1.26 bits per heavy atom. The van der Waals surface area contributed by atoms with Crippen LogP contribution in [0.3, 0.4) is 0 Å². The number of aromatic nitrogens is 1. The second-order valence-corrected chi connectivity index (χ2v) is 6.14. The largest absolute Gasteiger partial charge is 0.480 e. The van der Waals surface area contributed by atoms with E-state index in [0.717, 1.165) is 22.9 Å². The molecule has 3 unspecified atom stereocenters. The Bertz CT molecular complexity index is 692.